The Kier molecular flexibility index (Phi) is 26.9. The van der Waals surface area contributed by atoms with Crippen molar-refractivity contribution >= 4 is 0 Å². The Balaban J connectivity index is 2.28. The molecule has 1 heterocycles. The zero-order chi connectivity index (χ0) is 47.2. The SMILES string of the molecule is CC(C)=CCCC(C)(O)CCCC(C)(O)CCCC(C)(O)CCCC(C)(O)CCCC(C)(O)CCC/C(C)=C/CC/C(C)=C/CC/C(C)=C/CO[C@@H]1O[C@@H](CO)[C@H](O)[C@@H](O)[C@H]1O. The van der Waals surface area contributed by atoms with Gasteiger partial charge in [0.25, 0.3) is 0 Å². The van der Waals surface area contributed by atoms with Crippen LogP contribution >= 0.6 is 0 Å². The van der Waals surface area contributed by atoms with Crippen molar-refractivity contribution in [2.75, 3.05) is 13.2 Å². The zero-order valence-electron chi connectivity index (χ0n) is 40.8. The lowest BCUT2D eigenvalue weighted by molar-refractivity contribution is -0.298. The van der Waals surface area contributed by atoms with Gasteiger partial charge in [-0.25, -0.2) is 0 Å². The van der Waals surface area contributed by atoms with E-state index >= 15 is 0 Å². The van der Waals surface area contributed by atoms with E-state index in [1.54, 1.807) is 0 Å². The molecule has 0 aromatic heterocycles. The van der Waals surface area contributed by atoms with Crippen LogP contribution in [0.5, 0.6) is 0 Å². The average Bonchev–Trinajstić information content (AvgIpc) is 3.13. The van der Waals surface area contributed by atoms with Crippen molar-refractivity contribution in [3.8, 4) is 0 Å². The highest BCUT2D eigenvalue weighted by molar-refractivity contribution is 5.06. The van der Waals surface area contributed by atoms with Crippen LogP contribution in [0.15, 0.2) is 46.6 Å². The standard InChI is InChI=1S/C51H94O11/c1-38(2)19-13-26-47(6,56)28-15-30-49(8,58)32-17-34-51(10,60)35-18-33-50(9,59)31-16-29-48(7,57)27-14-24-40(4)22-11-20-39(3)21-12-23-41(5)25-36-61-46-45(55)44(54)43(53)42(37-52)62-46/h19,21-22,25,42-46,52-60H,11-18,20,23-24,26-37H2,1-10H3/b39-21+,40-22+,41-25+/t42-,43-,44+,45+,46+,47?,48?,49?,50?,51?/m0/s1. The van der Waals surface area contributed by atoms with Crippen LogP contribution in [0.4, 0.5) is 0 Å². The Morgan fingerprint density at radius 1 is 0.468 bits per heavy atom. The van der Waals surface area contributed by atoms with Gasteiger partial charge in [-0.3, -0.25) is 0 Å². The van der Waals surface area contributed by atoms with Crippen molar-refractivity contribution in [1.82, 2.24) is 0 Å². The van der Waals surface area contributed by atoms with Gasteiger partial charge in [0.15, 0.2) is 6.29 Å². The molecule has 5 unspecified atom stereocenters. The molecular formula is C51H94O11. The molecule has 9 N–H and O–H groups in total. The molecule has 0 aromatic rings. The van der Waals surface area contributed by atoms with Crippen LogP contribution in [0.25, 0.3) is 0 Å². The van der Waals surface area contributed by atoms with Crippen molar-refractivity contribution in [2.45, 2.75) is 263 Å². The van der Waals surface area contributed by atoms with Gasteiger partial charge in [-0.15, -0.1) is 0 Å². The van der Waals surface area contributed by atoms with Crippen molar-refractivity contribution in [3.63, 3.8) is 0 Å². The Morgan fingerprint density at radius 2 is 0.839 bits per heavy atom. The summed E-state index contributed by atoms with van der Waals surface area (Å²) in [6, 6.07) is 0. The first kappa shape index (κ1) is 58.5. The molecule has 0 saturated carbocycles. The third-order valence-corrected chi connectivity index (χ3v) is 12.8. The Bertz CT molecular complexity index is 1350. The summed E-state index contributed by atoms with van der Waals surface area (Å²) >= 11 is 0. The number of aliphatic hydroxyl groups excluding tert-OH is 4. The Hall–Kier alpha value is -1.48. The second-order valence-electron chi connectivity index (χ2n) is 20.8. The average molecular weight is 883 g/mol. The molecule has 1 saturated heterocycles. The van der Waals surface area contributed by atoms with E-state index in [-0.39, 0.29) is 6.61 Å². The summed E-state index contributed by atoms with van der Waals surface area (Å²) in [5, 5.41) is 94.1. The first-order valence-corrected chi connectivity index (χ1v) is 23.8. The van der Waals surface area contributed by atoms with Gasteiger partial charge in [0.2, 0.25) is 0 Å². The monoisotopic (exact) mass is 883 g/mol. The summed E-state index contributed by atoms with van der Waals surface area (Å²) in [6.45, 7) is 19.4. The van der Waals surface area contributed by atoms with E-state index in [1.807, 2.05) is 47.6 Å². The summed E-state index contributed by atoms with van der Waals surface area (Å²) in [4.78, 5) is 0. The van der Waals surface area contributed by atoms with E-state index in [4.69, 9.17) is 9.47 Å². The van der Waals surface area contributed by atoms with Gasteiger partial charge in [0.1, 0.15) is 24.4 Å². The molecule has 1 aliphatic heterocycles. The summed E-state index contributed by atoms with van der Waals surface area (Å²) in [5.41, 5.74) is 0.929. The van der Waals surface area contributed by atoms with Gasteiger partial charge >= 0.3 is 0 Å². The Morgan fingerprint density at radius 3 is 1.24 bits per heavy atom. The number of hydrogen-bond acceptors (Lipinski definition) is 11. The molecule has 0 spiro atoms. The lowest BCUT2D eigenvalue weighted by Crippen LogP contribution is -2.59. The summed E-state index contributed by atoms with van der Waals surface area (Å²) < 4.78 is 10.9. The molecular weight excluding hydrogens is 789 g/mol. The molecule has 0 aromatic carbocycles. The molecule has 62 heavy (non-hydrogen) atoms. The first-order chi connectivity index (χ1) is 28.7. The van der Waals surface area contributed by atoms with E-state index in [0.717, 1.165) is 63.4 Å². The zero-order valence-corrected chi connectivity index (χ0v) is 40.8. The van der Waals surface area contributed by atoms with Crippen molar-refractivity contribution in [1.29, 1.82) is 0 Å². The molecule has 0 aliphatic carbocycles. The highest BCUT2D eigenvalue weighted by Gasteiger charge is 2.44. The second-order valence-corrected chi connectivity index (χ2v) is 20.8. The highest BCUT2D eigenvalue weighted by atomic mass is 16.7. The van der Waals surface area contributed by atoms with Gasteiger partial charge in [-0.05, 0) is 204 Å². The minimum absolute atomic E-state index is 0.173. The van der Waals surface area contributed by atoms with Gasteiger partial charge in [-0.1, -0.05) is 46.6 Å². The molecule has 10 atom stereocenters. The normalized spacial score (nSPS) is 25.3. The van der Waals surface area contributed by atoms with Gasteiger partial charge in [-0.2, -0.15) is 0 Å². The fourth-order valence-electron chi connectivity index (χ4n) is 8.33. The molecule has 11 heteroatoms. The maximum Gasteiger partial charge on any atom is 0.187 e. The lowest BCUT2D eigenvalue weighted by Gasteiger charge is -2.39. The molecule has 0 radical (unpaired) electrons. The number of allylic oxidation sites excluding steroid dienone is 7. The fraction of sp³-hybridized carbons (Fsp3) is 0.843. The van der Waals surface area contributed by atoms with E-state index in [1.165, 1.54) is 16.7 Å². The second kappa shape index (κ2) is 28.5. The summed E-state index contributed by atoms with van der Waals surface area (Å²) in [6.07, 6.45) is 17.7. The third kappa shape index (κ3) is 27.1. The van der Waals surface area contributed by atoms with Crippen LogP contribution in [0, 0.1) is 0 Å². The quantitative estimate of drug-likeness (QED) is 0.0286. The highest BCUT2D eigenvalue weighted by Crippen LogP contribution is 2.31. The smallest absolute Gasteiger partial charge is 0.187 e. The number of ether oxygens (including phenoxy) is 2. The summed E-state index contributed by atoms with van der Waals surface area (Å²) in [5.74, 6) is 0. The maximum absolute atomic E-state index is 11.1. The number of aliphatic hydroxyl groups is 9. The van der Waals surface area contributed by atoms with Gasteiger partial charge in [0, 0.05) is 0 Å². The molecule has 364 valence electrons. The van der Waals surface area contributed by atoms with Crippen LogP contribution < -0.4 is 0 Å². The topological polar surface area (TPSA) is 201 Å². The largest absolute Gasteiger partial charge is 0.394 e. The number of hydrogen-bond donors (Lipinski definition) is 9. The Labute approximate surface area is 377 Å². The van der Waals surface area contributed by atoms with Crippen LogP contribution in [0.1, 0.15) is 204 Å². The van der Waals surface area contributed by atoms with E-state index in [2.05, 4.69) is 45.9 Å². The molecule has 1 fully saturated rings. The van der Waals surface area contributed by atoms with Crippen molar-refractivity contribution < 1.29 is 55.4 Å². The molecule has 1 aliphatic rings. The minimum atomic E-state index is -1.45. The number of rotatable bonds is 33. The lowest BCUT2D eigenvalue weighted by atomic mass is 9.84. The summed E-state index contributed by atoms with van der Waals surface area (Å²) in [7, 11) is 0. The van der Waals surface area contributed by atoms with Gasteiger partial charge in [0.05, 0.1) is 41.2 Å². The maximum atomic E-state index is 11.1. The van der Waals surface area contributed by atoms with Crippen molar-refractivity contribution in [2.24, 2.45) is 0 Å². The van der Waals surface area contributed by atoms with E-state index in [0.29, 0.717) is 77.0 Å². The molecule has 0 amide bonds. The fourth-order valence-corrected chi connectivity index (χ4v) is 8.33. The third-order valence-electron chi connectivity index (χ3n) is 12.8. The molecule has 1 rings (SSSR count). The molecule has 11 nitrogen and oxygen atoms in total. The van der Waals surface area contributed by atoms with Crippen LogP contribution in [-0.4, -0.2) is 118 Å². The van der Waals surface area contributed by atoms with Crippen LogP contribution in [-0.2, 0) is 9.47 Å². The molecule has 0 bridgehead atoms. The minimum Gasteiger partial charge on any atom is -0.394 e. The first-order valence-electron chi connectivity index (χ1n) is 23.8. The van der Waals surface area contributed by atoms with Crippen LogP contribution in [0.3, 0.4) is 0 Å². The van der Waals surface area contributed by atoms with Gasteiger partial charge < -0.3 is 55.4 Å². The predicted octanol–water partition coefficient (Wildman–Crippen LogP) is 8.56. The van der Waals surface area contributed by atoms with Crippen LogP contribution in [0.2, 0.25) is 0 Å². The van der Waals surface area contributed by atoms with Crippen molar-refractivity contribution in [3.05, 3.63) is 46.6 Å². The van der Waals surface area contributed by atoms with E-state index < -0.39 is 65.3 Å². The predicted molar refractivity (Wildman–Crippen MR) is 250 cm³/mol. The van der Waals surface area contributed by atoms with E-state index in [9.17, 15) is 46.0 Å².